The van der Waals surface area contributed by atoms with Crippen LogP contribution in [0.15, 0.2) is 28.7 Å². The van der Waals surface area contributed by atoms with Gasteiger partial charge in [0.25, 0.3) is 5.91 Å². The minimum atomic E-state index is -0.0831. The second-order valence-electron chi connectivity index (χ2n) is 7.39. The summed E-state index contributed by atoms with van der Waals surface area (Å²) in [6.07, 6.45) is 4.97. The molecule has 1 fully saturated rings. The first-order valence-corrected chi connectivity index (χ1v) is 9.70. The lowest BCUT2D eigenvalue weighted by atomic mass is 9.90. The third-order valence-electron chi connectivity index (χ3n) is 5.70. The summed E-state index contributed by atoms with van der Waals surface area (Å²) in [5.74, 6) is 1.99. The predicted octanol–water partition coefficient (Wildman–Crippen LogP) is 4.48. The Balaban J connectivity index is 1.72. The summed E-state index contributed by atoms with van der Waals surface area (Å²) >= 11 is 0. The minimum Gasteiger partial charge on any atom is -0.497 e. The van der Waals surface area contributed by atoms with E-state index in [9.17, 15) is 9.59 Å². The highest BCUT2D eigenvalue weighted by Gasteiger charge is 2.36. The van der Waals surface area contributed by atoms with Gasteiger partial charge in [0.2, 0.25) is 0 Å². The number of carbonyl (C=O) groups is 2. The minimum absolute atomic E-state index is 0.00927. The zero-order valence-corrected chi connectivity index (χ0v) is 15.9. The maximum atomic E-state index is 13.5. The number of Topliss-reactive ketones (excluding diaryl/α,β-unsaturated/α-hetero) is 1. The van der Waals surface area contributed by atoms with Crippen molar-refractivity contribution in [1.29, 1.82) is 0 Å². The number of methoxy groups -OCH3 is 1. The molecule has 1 amide bonds. The third-order valence-corrected chi connectivity index (χ3v) is 5.70. The number of furan rings is 1. The molecule has 142 valence electrons. The highest BCUT2D eigenvalue weighted by Crippen LogP contribution is 2.36. The van der Waals surface area contributed by atoms with Crippen LogP contribution >= 0.6 is 0 Å². The molecule has 1 aliphatic heterocycles. The van der Waals surface area contributed by atoms with Gasteiger partial charge in [-0.3, -0.25) is 9.59 Å². The molecule has 2 aromatic rings. The third kappa shape index (κ3) is 3.15. The van der Waals surface area contributed by atoms with Crippen molar-refractivity contribution in [2.45, 2.75) is 51.5 Å². The van der Waals surface area contributed by atoms with E-state index in [1.807, 2.05) is 29.2 Å². The van der Waals surface area contributed by atoms with Crippen molar-refractivity contribution < 1.29 is 18.7 Å². The van der Waals surface area contributed by atoms with E-state index in [-0.39, 0.29) is 17.7 Å². The number of ketones is 1. The number of likely N-dealkylation sites (tertiary alicyclic amines) is 1. The van der Waals surface area contributed by atoms with Gasteiger partial charge in [0.05, 0.1) is 24.3 Å². The smallest absolute Gasteiger partial charge is 0.258 e. The molecule has 1 aliphatic carbocycles. The predicted molar refractivity (Wildman–Crippen MR) is 101 cm³/mol. The molecule has 2 aliphatic rings. The van der Waals surface area contributed by atoms with E-state index in [4.69, 9.17) is 9.15 Å². The van der Waals surface area contributed by atoms with Crippen molar-refractivity contribution in [2.24, 2.45) is 0 Å². The second kappa shape index (κ2) is 7.22. The van der Waals surface area contributed by atoms with Crippen molar-refractivity contribution in [3.05, 3.63) is 52.5 Å². The molecule has 1 unspecified atom stereocenters. The molecule has 27 heavy (non-hydrogen) atoms. The fourth-order valence-corrected chi connectivity index (χ4v) is 4.38. The van der Waals surface area contributed by atoms with Gasteiger partial charge < -0.3 is 14.1 Å². The van der Waals surface area contributed by atoms with E-state index in [2.05, 4.69) is 0 Å². The number of benzene rings is 1. The normalized spacial score (nSPS) is 19.7. The monoisotopic (exact) mass is 367 g/mol. The first kappa shape index (κ1) is 17.8. The summed E-state index contributed by atoms with van der Waals surface area (Å²) in [4.78, 5) is 27.9. The van der Waals surface area contributed by atoms with E-state index >= 15 is 0 Å². The van der Waals surface area contributed by atoms with Gasteiger partial charge in [-0.15, -0.1) is 0 Å². The molecule has 5 heteroatoms. The molecular formula is C22H25NO4. The van der Waals surface area contributed by atoms with Crippen LogP contribution in [0.1, 0.15) is 75.9 Å². The Labute approximate surface area is 159 Å². The summed E-state index contributed by atoms with van der Waals surface area (Å²) in [7, 11) is 1.65. The molecule has 1 atom stereocenters. The maximum absolute atomic E-state index is 13.5. The fraction of sp³-hybridized carbons (Fsp3) is 0.455. The standard InChI is InChI=1S/C22H25NO4/c1-14-20(21-18(24)10-6-11-19(21)27-14)22(25)23-12-4-3-9-17(23)15-7-5-8-16(13-15)26-2/h5,7-8,13,17H,3-4,6,9-12H2,1-2H3. The Morgan fingerprint density at radius 1 is 1.22 bits per heavy atom. The molecule has 0 spiro atoms. The summed E-state index contributed by atoms with van der Waals surface area (Å²) in [6, 6.07) is 7.90. The average molecular weight is 367 g/mol. The SMILES string of the molecule is COc1cccc(C2CCCCN2C(=O)c2c(C)oc3c2C(=O)CCC3)c1. The first-order chi connectivity index (χ1) is 13.1. The largest absolute Gasteiger partial charge is 0.497 e. The summed E-state index contributed by atoms with van der Waals surface area (Å²) in [5, 5.41) is 0. The number of aryl methyl sites for hydroxylation is 2. The zero-order chi connectivity index (χ0) is 19.0. The summed E-state index contributed by atoms with van der Waals surface area (Å²) in [6.45, 7) is 2.48. The number of hydrogen-bond acceptors (Lipinski definition) is 4. The van der Waals surface area contributed by atoms with Crippen LogP contribution in [-0.2, 0) is 6.42 Å². The Morgan fingerprint density at radius 3 is 2.89 bits per heavy atom. The summed E-state index contributed by atoms with van der Waals surface area (Å²) in [5.41, 5.74) is 2.08. The Kier molecular flexibility index (Phi) is 4.77. The molecule has 0 N–H and O–H groups in total. The Morgan fingerprint density at radius 2 is 2.07 bits per heavy atom. The van der Waals surface area contributed by atoms with Gasteiger partial charge in [0.1, 0.15) is 17.3 Å². The molecular weight excluding hydrogens is 342 g/mol. The van der Waals surface area contributed by atoms with E-state index < -0.39 is 0 Å². The van der Waals surface area contributed by atoms with Crippen LogP contribution in [0, 0.1) is 6.92 Å². The number of ether oxygens (including phenoxy) is 1. The molecule has 0 saturated carbocycles. The van der Waals surface area contributed by atoms with Crippen LogP contribution in [-0.4, -0.2) is 30.2 Å². The van der Waals surface area contributed by atoms with Crippen LogP contribution < -0.4 is 4.74 Å². The molecule has 4 rings (SSSR count). The lowest BCUT2D eigenvalue weighted by Crippen LogP contribution is -2.39. The highest BCUT2D eigenvalue weighted by atomic mass is 16.5. The van der Waals surface area contributed by atoms with Crippen molar-refractivity contribution in [2.75, 3.05) is 13.7 Å². The zero-order valence-electron chi connectivity index (χ0n) is 15.9. The van der Waals surface area contributed by atoms with Crippen molar-refractivity contribution in [1.82, 2.24) is 4.90 Å². The van der Waals surface area contributed by atoms with Crippen LogP contribution in [0.25, 0.3) is 0 Å². The van der Waals surface area contributed by atoms with Crippen molar-refractivity contribution in [3.8, 4) is 5.75 Å². The quantitative estimate of drug-likeness (QED) is 0.802. The van der Waals surface area contributed by atoms with Crippen LogP contribution in [0.5, 0.6) is 5.75 Å². The van der Waals surface area contributed by atoms with Crippen LogP contribution in [0.2, 0.25) is 0 Å². The van der Waals surface area contributed by atoms with E-state index in [0.29, 0.717) is 35.6 Å². The number of nitrogens with zero attached hydrogens (tertiary/aromatic N) is 1. The lowest BCUT2D eigenvalue weighted by molar-refractivity contribution is 0.0606. The van der Waals surface area contributed by atoms with Gasteiger partial charge in [-0.2, -0.15) is 0 Å². The molecule has 1 aromatic carbocycles. The van der Waals surface area contributed by atoms with Crippen LogP contribution in [0.3, 0.4) is 0 Å². The van der Waals surface area contributed by atoms with Gasteiger partial charge in [0.15, 0.2) is 5.78 Å². The number of carbonyl (C=O) groups excluding carboxylic acids is 2. The van der Waals surface area contributed by atoms with E-state index in [1.54, 1.807) is 14.0 Å². The first-order valence-electron chi connectivity index (χ1n) is 9.70. The molecule has 0 bridgehead atoms. The molecule has 0 radical (unpaired) electrons. The average Bonchev–Trinajstić information content (AvgIpc) is 3.04. The highest BCUT2D eigenvalue weighted by molar-refractivity contribution is 6.10. The number of amides is 1. The second-order valence-corrected chi connectivity index (χ2v) is 7.39. The number of hydrogen-bond donors (Lipinski definition) is 0. The maximum Gasteiger partial charge on any atom is 0.258 e. The topological polar surface area (TPSA) is 59.8 Å². The van der Waals surface area contributed by atoms with Gasteiger partial charge >= 0.3 is 0 Å². The molecule has 1 aromatic heterocycles. The number of fused-ring (bicyclic) bond motifs is 1. The lowest BCUT2D eigenvalue weighted by Gasteiger charge is -2.36. The van der Waals surface area contributed by atoms with Crippen LogP contribution in [0.4, 0.5) is 0 Å². The summed E-state index contributed by atoms with van der Waals surface area (Å²) < 4.78 is 11.2. The van der Waals surface area contributed by atoms with Gasteiger partial charge in [-0.05, 0) is 50.3 Å². The van der Waals surface area contributed by atoms with Gasteiger partial charge in [0, 0.05) is 19.4 Å². The molecule has 5 nitrogen and oxygen atoms in total. The molecule has 2 heterocycles. The Bertz CT molecular complexity index is 882. The number of piperidine rings is 1. The van der Waals surface area contributed by atoms with Crippen molar-refractivity contribution in [3.63, 3.8) is 0 Å². The van der Waals surface area contributed by atoms with E-state index in [1.165, 1.54) is 0 Å². The van der Waals surface area contributed by atoms with E-state index in [0.717, 1.165) is 43.4 Å². The number of rotatable bonds is 3. The Hall–Kier alpha value is -2.56. The van der Waals surface area contributed by atoms with Gasteiger partial charge in [-0.25, -0.2) is 0 Å². The fourth-order valence-electron chi connectivity index (χ4n) is 4.38. The van der Waals surface area contributed by atoms with Gasteiger partial charge in [-0.1, -0.05) is 12.1 Å². The van der Waals surface area contributed by atoms with Crippen molar-refractivity contribution >= 4 is 11.7 Å². The molecule has 1 saturated heterocycles.